The Balaban J connectivity index is 0.00000133. The molecule has 1 amide bonds. The van der Waals surface area contributed by atoms with E-state index in [0.717, 1.165) is 32.2 Å². The predicted octanol–water partition coefficient (Wildman–Crippen LogP) is 1.10. The number of carbonyl (C=O) groups excluding carboxylic acids is 1. The van der Waals surface area contributed by atoms with Crippen LogP contribution in [0.15, 0.2) is 0 Å². The normalized spacial score (nSPS) is 26.6. The second-order valence-electron chi connectivity index (χ2n) is 6.01. The van der Waals surface area contributed by atoms with Gasteiger partial charge in [-0.15, -0.1) is 12.4 Å². The fraction of sp³-hybridized carbons (Fsp3) is 0.929. The van der Waals surface area contributed by atoms with Crippen LogP contribution in [0.1, 0.15) is 32.1 Å². The van der Waals surface area contributed by atoms with Crippen LogP contribution in [-0.2, 0) is 4.79 Å². The second kappa shape index (κ2) is 6.91. The number of carbonyl (C=O) groups is 1. The zero-order chi connectivity index (χ0) is 12.4. The first-order valence-corrected chi connectivity index (χ1v) is 7.58. The van der Waals surface area contributed by atoms with Crippen molar-refractivity contribution in [1.29, 1.82) is 0 Å². The number of nitrogens with zero attached hydrogens (tertiary/aromatic N) is 2. The molecule has 0 unspecified atom stereocenters. The number of hydrogen-bond acceptors (Lipinski definition) is 3. The lowest BCUT2D eigenvalue weighted by Gasteiger charge is -2.41. The van der Waals surface area contributed by atoms with Crippen molar-refractivity contribution >= 4 is 18.3 Å². The molecule has 0 aliphatic carbocycles. The molecular weight excluding hydrogens is 262 g/mol. The smallest absolute Gasteiger partial charge is 0.228 e. The lowest BCUT2D eigenvalue weighted by atomic mass is 9.96. The van der Waals surface area contributed by atoms with Crippen molar-refractivity contribution in [3.05, 3.63) is 0 Å². The van der Waals surface area contributed by atoms with Gasteiger partial charge in [0.25, 0.3) is 0 Å². The van der Waals surface area contributed by atoms with E-state index in [4.69, 9.17) is 0 Å². The number of rotatable bonds is 2. The molecule has 0 saturated carbocycles. The molecule has 3 aliphatic heterocycles. The minimum atomic E-state index is 0. The molecule has 0 spiro atoms. The first kappa shape index (κ1) is 15.1. The summed E-state index contributed by atoms with van der Waals surface area (Å²) < 4.78 is 0. The van der Waals surface area contributed by atoms with Gasteiger partial charge in [-0.1, -0.05) is 6.42 Å². The zero-order valence-electron chi connectivity index (χ0n) is 11.6. The quantitative estimate of drug-likeness (QED) is 0.826. The SMILES string of the molecule is Cl.O=C(C1CNC1)N1CCC(N2CCCCC2)CC1. The fourth-order valence-corrected chi connectivity index (χ4v) is 3.46. The Labute approximate surface area is 122 Å². The Morgan fingerprint density at radius 1 is 0.947 bits per heavy atom. The van der Waals surface area contributed by atoms with E-state index in [-0.39, 0.29) is 18.3 Å². The number of piperidine rings is 2. The van der Waals surface area contributed by atoms with E-state index in [1.165, 1.54) is 45.2 Å². The minimum absolute atomic E-state index is 0. The van der Waals surface area contributed by atoms with Gasteiger partial charge in [0.05, 0.1) is 5.92 Å². The van der Waals surface area contributed by atoms with Crippen LogP contribution in [0, 0.1) is 5.92 Å². The van der Waals surface area contributed by atoms with Crippen LogP contribution in [0.4, 0.5) is 0 Å². The summed E-state index contributed by atoms with van der Waals surface area (Å²) in [5.41, 5.74) is 0. The van der Waals surface area contributed by atoms with Crippen LogP contribution in [0.25, 0.3) is 0 Å². The summed E-state index contributed by atoms with van der Waals surface area (Å²) in [4.78, 5) is 16.9. The number of likely N-dealkylation sites (tertiary alicyclic amines) is 2. The van der Waals surface area contributed by atoms with E-state index in [2.05, 4.69) is 15.1 Å². The van der Waals surface area contributed by atoms with Crippen molar-refractivity contribution in [3.8, 4) is 0 Å². The lowest BCUT2D eigenvalue weighted by Crippen LogP contribution is -2.55. The Morgan fingerprint density at radius 2 is 1.58 bits per heavy atom. The summed E-state index contributed by atoms with van der Waals surface area (Å²) in [7, 11) is 0. The maximum Gasteiger partial charge on any atom is 0.228 e. The lowest BCUT2D eigenvalue weighted by molar-refractivity contribution is -0.138. The van der Waals surface area contributed by atoms with Gasteiger partial charge in [0.15, 0.2) is 0 Å². The third-order valence-corrected chi connectivity index (χ3v) is 4.81. The van der Waals surface area contributed by atoms with Gasteiger partial charge in [-0.3, -0.25) is 4.79 Å². The van der Waals surface area contributed by atoms with Gasteiger partial charge in [-0.2, -0.15) is 0 Å². The van der Waals surface area contributed by atoms with Crippen LogP contribution in [0.2, 0.25) is 0 Å². The van der Waals surface area contributed by atoms with Crippen LogP contribution in [-0.4, -0.2) is 61.0 Å². The summed E-state index contributed by atoms with van der Waals surface area (Å²) in [5.74, 6) is 0.669. The van der Waals surface area contributed by atoms with E-state index in [1.807, 2.05) is 0 Å². The van der Waals surface area contributed by atoms with E-state index in [0.29, 0.717) is 5.91 Å². The van der Waals surface area contributed by atoms with Gasteiger partial charge in [0.2, 0.25) is 5.91 Å². The summed E-state index contributed by atoms with van der Waals surface area (Å²) in [6, 6.07) is 0.744. The highest BCUT2D eigenvalue weighted by Gasteiger charge is 2.32. The monoisotopic (exact) mass is 287 g/mol. The Morgan fingerprint density at radius 3 is 2.11 bits per heavy atom. The summed E-state index contributed by atoms with van der Waals surface area (Å²) in [6.07, 6.45) is 6.51. The molecule has 0 bridgehead atoms. The fourth-order valence-electron chi connectivity index (χ4n) is 3.46. The van der Waals surface area contributed by atoms with Crippen LogP contribution >= 0.6 is 12.4 Å². The molecule has 0 aromatic rings. The minimum Gasteiger partial charge on any atom is -0.342 e. The van der Waals surface area contributed by atoms with E-state index < -0.39 is 0 Å². The molecule has 19 heavy (non-hydrogen) atoms. The largest absolute Gasteiger partial charge is 0.342 e. The molecule has 0 radical (unpaired) electrons. The summed E-state index contributed by atoms with van der Waals surface area (Å²) in [5, 5.41) is 3.19. The second-order valence-corrected chi connectivity index (χ2v) is 6.01. The van der Waals surface area contributed by atoms with Gasteiger partial charge < -0.3 is 15.1 Å². The predicted molar refractivity (Wildman–Crippen MR) is 78.6 cm³/mol. The number of amides is 1. The maximum absolute atomic E-state index is 12.1. The summed E-state index contributed by atoms with van der Waals surface area (Å²) >= 11 is 0. The molecule has 0 aromatic heterocycles. The van der Waals surface area contributed by atoms with E-state index >= 15 is 0 Å². The van der Waals surface area contributed by atoms with Gasteiger partial charge in [0.1, 0.15) is 0 Å². The van der Waals surface area contributed by atoms with Crippen LogP contribution in [0.5, 0.6) is 0 Å². The molecular formula is C14H26ClN3O. The molecule has 0 aromatic carbocycles. The Bertz CT molecular complexity index is 295. The maximum atomic E-state index is 12.1. The van der Waals surface area contributed by atoms with Crippen molar-refractivity contribution in [2.24, 2.45) is 5.92 Å². The van der Waals surface area contributed by atoms with Crippen molar-refractivity contribution < 1.29 is 4.79 Å². The molecule has 3 rings (SSSR count). The highest BCUT2D eigenvalue weighted by Crippen LogP contribution is 2.22. The third-order valence-electron chi connectivity index (χ3n) is 4.81. The molecule has 3 fully saturated rings. The van der Waals surface area contributed by atoms with Crippen molar-refractivity contribution in [2.75, 3.05) is 39.3 Å². The molecule has 4 nitrogen and oxygen atoms in total. The van der Waals surface area contributed by atoms with Crippen molar-refractivity contribution in [1.82, 2.24) is 15.1 Å². The highest BCUT2D eigenvalue weighted by molar-refractivity contribution is 5.85. The van der Waals surface area contributed by atoms with Crippen LogP contribution < -0.4 is 5.32 Å². The summed E-state index contributed by atoms with van der Waals surface area (Å²) in [6.45, 7) is 6.32. The third kappa shape index (κ3) is 3.41. The first-order valence-electron chi connectivity index (χ1n) is 7.58. The standard InChI is InChI=1S/C14H25N3O.ClH/c18-14(12-10-15-11-12)17-8-4-13(5-9-17)16-6-2-1-3-7-16;/h12-13,15H,1-11H2;1H. The van der Waals surface area contributed by atoms with Crippen molar-refractivity contribution in [2.45, 2.75) is 38.1 Å². The molecule has 3 heterocycles. The highest BCUT2D eigenvalue weighted by atomic mass is 35.5. The van der Waals surface area contributed by atoms with E-state index in [9.17, 15) is 4.79 Å². The van der Waals surface area contributed by atoms with Gasteiger partial charge in [-0.05, 0) is 38.8 Å². The Kier molecular flexibility index (Phi) is 5.48. The first-order chi connectivity index (χ1) is 8.84. The molecule has 5 heteroatoms. The topological polar surface area (TPSA) is 35.6 Å². The van der Waals surface area contributed by atoms with Crippen molar-refractivity contribution in [3.63, 3.8) is 0 Å². The average molecular weight is 288 g/mol. The molecule has 1 N–H and O–H groups in total. The van der Waals surface area contributed by atoms with Gasteiger partial charge in [-0.25, -0.2) is 0 Å². The molecule has 3 saturated heterocycles. The number of hydrogen-bond donors (Lipinski definition) is 1. The van der Waals surface area contributed by atoms with Gasteiger partial charge >= 0.3 is 0 Å². The molecule has 3 aliphatic rings. The zero-order valence-corrected chi connectivity index (χ0v) is 12.5. The molecule has 0 atom stereocenters. The number of nitrogens with one attached hydrogen (secondary N) is 1. The Hall–Kier alpha value is -0.320. The average Bonchev–Trinajstić information content (AvgIpc) is 2.38. The number of halogens is 1. The van der Waals surface area contributed by atoms with Crippen LogP contribution in [0.3, 0.4) is 0 Å². The molecule has 110 valence electrons. The van der Waals surface area contributed by atoms with E-state index in [1.54, 1.807) is 0 Å². The van der Waals surface area contributed by atoms with Gasteiger partial charge in [0, 0.05) is 32.2 Å².